The minimum absolute atomic E-state index is 0.139. The predicted molar refractivity (Wildman–Crippen MR) is 83.9 cm³/mol. The summed E-state index contributed by atoms with van der Waals surface area (Å²) in [6.07, 6.45) is 1.54. The molecule has 1 heterocycles. The van der Waals surface area contributed by atoms with E-state index in [9.17, 15) is 17.6 Å². The van der Waals surface area contributed by atoms with E-state index >= 15 is 0 Å². The number of carbonyl (C=O) groups is 1. The molecule has 1 aromatic heterocycles. The highest BCUT2D eigenvalue weighted by atomic mass is 32.2. The van der Waals surface area contributed by atoms with E-state index in [2.05, 4.69) is 10.0 Å². The highest BCUT2D eigenvalue weighted by Crippen LogP contribution is 2.22. The van der Waals surface area contributed by atoms with Gasteiger partial charge in [0.15, 0.2) is 5.76 Å². The van der Waals surface area contributed by atoms with Gasteiger partial charge in [-0.25, -0.2) is 17.5 Å². The Kier molecular flexibility index (Phi) is 5.51. The van der Waals surface area contributed by atoms with Gasteiger partial charge in [0.25, 0.3) is 5.91 Å². The Morgan fingerprint density at radius 2 is 1.83 bits per heavy atom. The Morgan fingerprint density at radius 1 is 1.13 bits per heavy atom. The minimum atomic E-state index is -3.22. The van der Waals surface area contributed by atoms with Crippen LogP contribution in [0.2, 0.25) is 0 Å². The molecule has 23 heavy (non-hydrogen) atoms. The van der Waals surface area contributed by atoms with Gasteiger partial charge < -0.3 is 9.73 Å². The molecule has 0 unspecified atom stereocenters. The SMILES string of the molecule is CS(=O)(=O)NCCCNC(=O)c1ccc(-c2ccc(F)cc2)o1. The minimum Gasteiger partial charge on any atom is -0.451 e. The van der Waals surface area contributed by atoms with Gasteiger partial charge in [-0.1, -0.05) is 0 Å². The highest BCUT2D eigenvalue weighted by molar-refractivity contribution is 7.88. The van der Waals surface area contributed by atoms with Gasteiger partial charge in [-0.05, 0) is 42.8 Å². The maximum atomic E-state index is 12.9. The number of carbonyl (C=O) groups excluding carboxylic acids is 1. The molecule has 2 aromatic rings. The quantitative estimate of drug-likeness (QED) is 0.752. The molecule has 0 atom stereocenters. The maximum Gasteiger partial charge on any atom is 0.287 e. The van der Waals surface area contributed by atoms with Crippen LogP contribution in [-0.2, 0) is 10.0 Å². The normalized spacial score (nSPS) is 11.4. The third kappa shape index (κ3) is 5.50. The zero-order valence-electron chi connectivity index (χ0n) is 12.5. The van der Waals surface area contributed by atoms with Crippen LogP contribution in [0, 0.1) is 5.82 Å². The van der Waals surface area contributed by atoms with Crippen molar-refractivity contribution in [3.8, 4) is 11.3 Å². The molecule has 2 N–H and O–H groups in total. The van der Waals surface area contributed by atoms with Crippen molar-refractivity contribution < 1.29 is 22.0 Å². The molecule has 0 spiro atoms. The van der Waals surface area contributed by atoms with Crippen LogP contribution in [0.5, 0.6) is 0 Å². The summed E-state index contributed by atoms with van der Waals surface area (Å²) in [5.41, 5.74) is 0.669. The van der Waals surface area contributed by atoms with E-state index in [-0.39, 0.29) is 18.1 Å². The second-order valence-corrected chi connectivity index (χ2v) is 6.78. The lowest BCUT2D eigenvalue weighted by atomic mass is 10.2. The molecule has 0 aliphatic carbocycles. The van der Waals surface area contributed by atoms with Crippen molar-refractivity contribution in [2.75, 3.05) is 19.3 Å². The fourth-order valence-corrected chi connectivity index (χ4v) is 2.38. The van der Waals surface area contributed by atoms with Gasteiger partial charge in [0.1, 0.15) is 11.6 Å². The molecule has 0 saturated heterocycles. The average Bonchev–Trinajstić information content (AvgIpc) is 2.96. The summed E-state index contributed by atoms with van der Waals surface area (Å²) >= 11 is 0. The molecular formula is C15H17FN2O4S. The van der Waals surface area contributed by atoms with Crippen molar-refractivity contribution in [1.82, 2.24) is 10.0 Å². The number of furan rings is 1. The number of halogens is 1. The van der Waals surface area contributed by atoms with Gasteiger partial charge in [0.2, 0.25) is 10.0 Å². The Balaban J connectivity index is 1.85. The number of rotatable bonds is 7. The topological polar surface area (TPSA) is 88.4 Å². The second kappa shape index (κ2) is 7.38. The molecular weight excluding hydrogens is 323 g/mol. The zero-order chi connectivity index (χ0) is 16.9. The third-order valence-corrected chi connectivity index (χ3v) is 3.69. The molecule has 0 fully saturated rings. The molecule has 0 aliphatic heterocycles. The monoisotopic (exact) mass is 340 g/mol. The smallest absolute Gasteiger partial charge is 0.287 e. The van der Waals surface area contributed by atoms with Crippen molar-refractivity contribution in [3.05, 3.63) is 48.0 Å². The van der Waals surface area contributed by atoms with Gasteiger partial charge >= 0.3 is 0 Å². The van der Waals surface area contributed by atoms with E-state index in [0.717, 1.165) is 6.26 Å². The third-order valence-electron chi connectivity index (χ3n) is 2.96. The van der Waals surface area contributed by atoms with Crippen LogP contribution in [0.4, 0.5) is 4.39 Å². The summed E-state index contributed by atoms with van der Waals surface area (Å²) in [5.74, 6) is -0.131. The number of sulfonamides is 1. The Morgan fingerprint density at radius 3 is 2.48 bits per heavy atom. The lowest BCUT2D eigenvalue weighted by Gasteiger charge is -2.04. The Labute approximate surface area is 133 Å². The van der Waals surface area contributed by atoms with Crippen LogP contribution in [-0.4, -0.2) is 33.7 Å². The first-order valence-corrected chi connectivity index (χ1v) is 8.83. The fraction of sp³-hybridized carbons (Fsp3) is 0.267. The number of hydrogen-bond acceptors (Lipinski definition) is 4. The standard InChI is InChI=1S/C15H17FN2O4S/c1-23(20,21)18-10-2-9-17-15(19)14-8-7-13(22-14)11-3-5-12(16)6-4-11/h3-8,18H,2,9-10H2,1H3,(H,17,19). The summed E-state index contributed by atoms with van der Waals surface area (Å²) in [7, 11) is -3.22. The van der Waals surface area contributed by atoms with E-state index in [4.69, 9.17) is 4.42 Å². The molecule has 0 saturated carbocycles. The van der Waals surface area contributed by atoms with Gasteiger partial charge in [-0.3, -0.25) is 4.79 Å². The molecule has 8 heteroatoms. The highest BCUT2D eigenvalue weighted by Gasteiger charge is 2.11. The summed E-state index contributed by atoms with van der Waals surface area (Å²) in [6, 6.07) is 8.91. The molecule has 0 bridgehead atoms. The summed E-state index contributed by atoms with van der Waals surface area (Å²) in [5, 5.41) is 2.63. The maximum absolute atomic E-state index is 12.9. The number of benzene rings is 1. The van der Waals surface area contributed by atoms with Crippen molar-refractivity contribution in [1.29, 1.82) is 0 Å². The van der Waals surface area contributed by atoms with Crippen LogP contribution in [0.1, 0.15) is 17.0 Å². The van der Waals surface area contributed by atoms with Crippen LogP contribution >= 0.6 is 0 Å². The summed E-state index contributed by atoms with van der Waals surface area (Å²) in [4.78, 5) is 11.9. The molecule has 0 radical (unpaired) electrons. The molecule has 1 amide bonds. The van der Waals surface area contributed by atoms with Gasteiger partial charge in [0.05, 0.1) is 6.26 Å². The number of amides is 1. The molecule has 0 aliphatic rings. The van der Waals surface area contributed by atoms with Crippen molar-refractivity contribution in [2.24, 2.45) is 0 Å². The number of nitrogens with one attached hydrogen (secondary N) is 2. The Hall–Kier alpha value is -2.19. The van der Waals surface area contributed by atoms with Crippen LogP contribution in [0.15, 0.2) is 40.8 Å². The lowest BCUT2D eigenvalue weighted by Crippen LogP contribution is -2.29. The van der Waals surface area contributed by atoms with Crippen LogP contribution in [0.25, 0.3) is 11.3 Å². The van der Waals surface area contributed by atoms with Crippen molar-refractivity contribution in [3.63, 3.8) is 0 Å². The summed E-state index contributed by atoms with van der Waals surface area (Å²) < 4.78 is 42.4. The molecule has 124 valence electrons. The van der Waals surface area contributed by atoms with E-state index in [0.29, 0.717) is 24.3 Å². The van der Waals surface area contributed by atoms with E-state index < -0.39 is 15.9 Å². The first-order chi connectivity index (χ1) is 10.8. The van der Waals surface area contributed by atoms with Gasteiger partial charge in [0, 0.05) is 18.7 Å². The largest absolute Gasteiger partial charge is 0.451 e. The number of hydrogen-bond donors (Lipinski definition) is 2. The van der Waals surface area contributed by atoms with E-state index in [1.54, 1.807) is 18.2 Å². The van der Waals surface area contributed by atoms with Crippen LogP contribution in [0.3, 0.4) is 0 Å². The van der Waals surface area contributed by atoms with Crippen molar-refractivity contribution in [2.45, 2.75) is 6.42 Å². The average molecular weight is 340 g/mol. The van der Waals surface area contributed by atoms with Crippen LogP contribution < -0.4 is 10.0 Å². The predicted octanol–water partition coefficient (Wildman–Crippen LogP) is 1.75. The summed E-state index contributed by atoms with van der Waals surface area (Å²) in [6.45, 7) is 0.562. The molecule has 1 aromatic carbocycles. The van der Waals surface area contributed by atoms with Gasteiger partial charge in [-0.15, -0.1) is 0 Å². The molecule has 6 nitrogen and oxygen atoms in total. The lowest BCUT2D eigenvalue weighted by molar-refractivity contribution is 0.0926. The first kappa shape index (κ1) is 17.2. The Bertz CT molecular complexity index is 769. The van der Waals surface area contributed by atoms with E-state index in [1.165, 1.54) is 18.2 Å². The zero-order valence-corrected chi connectivity index (χ0v) is 13.3. The molecule has 2 rings (SSSR count). The van der Waals surface area contributed by atoms with E-state index in [1.807, 2.05) is 0 Å². The second-order valence-electron chi connectivity index (χ2n) is 4.95. The first-order valence-electron chi connectivity index (χ1n) is 6.94. The van der Waals surface area contributed by atoms with Crippen molar-refractivity contribution >= 4 is 15.9 Å². The fourth-order valence-electron chi connectivity index (χ4n) is 1.86. The van der Waals surface area contributed by atoms with Gasteiger partial charge in [-0.2, -0.15) is 0 Å².